The minimum atomic E-state index is -3.92. The van der Waals surface area contributed by atoms with E-state index in [1.54, 1.807) is 37.4 Å². The van der Waals surface area contributed by atoms with Crippen LogP contribution in [0, 0.1) is 12.8 Å². The van der Waals surface area contributed by atoms with Gasteiger partial charge in [0.2, 0.25) is 10.0 Å². The van der Waals surface area contributed by atoms with Gasteiger partial charge in [0.1, 0.15) is 17.9 Å². The number of hydrogen-bond donors (Lipinski definition) is 3. The summed E-state index contributed by atoms with van der Waals surface area (Å²) in [7, 11) is -0.683. The van der Waals surface area contributed by atoms with E-state index in [-0.39, 0.29) is 29.8 Å². The summed E-state index contributed by atoms with van der Waals surface area (Å²) in [6, 6.07) is 20.3. The number of methoxy groups -OCH3 is 1. The molecule has 39 heavy (non-hydrogen) atoms. The van der Waals surface area contributed by atoms with Crippen LogP contribution in [0.4, 0.5) is 5.69 Å². The molecule has 1 amide bonds. The third-order valence-corrected chi connectivity index (χ3v) is 8.67. The normalized spacial score (nSPS) is 14.3. The number of hydrogen-bond acceptors (Lipinski definition) is 6. The highest BCUT2D eigenvalue weighted by molar-refractivity contribution is 7.89. The zero-order valence-corrected chi connectivity index (χ0v) is 24.1. The smallest absolute Gasteiger partial charge is 0.344 e. The van der Waals surface area contributed by atoms with E-state index in [9.17, 15) is 18.3 Å². The molecule has 0 aliphatic rings. The number of likely N-dealkylation sites (N-methyl/N-ethyl adjacent to an activating group) is 1. The maximum atomic E-state index is 13.7. The summed E-state index contributed by atoms with van der Waals surface area (Å²) in [5.74, 6) is 0.372. The molecular formula is C30H40N3O5S+. The highest BCUT2D eigenvalue weighted by Gasteiger charge is 2.37. The summed E-state index contributed by atoms with van der Waals surface area (Å²) >= 11 is 0. The monoisotopic (exact) mass is 554 g/mol. The average molecular weight is 555 g/mol. The lowest BCUT2D eigenvalue weighted by atomic mass is 9.98. The van der Waals surface area contributed by atoms with Crippen molar-refractivity contribution in [3.8, 4) is 5.75 Å². The van der Waals surface area contributed by atoms with Crippen LogP contribution in [0.1, 0.15) is 35.3 Å². The highest BCUT2D eigenvalue weighted by Crippen LogP contribution is 2.21. The molecule has 210 valence electrons. The van der Waals surface area contributed by atoms with Crippen molar-refractivity contribution in [1.82, 2.24) is 4.31 Å². The quantitative estimate of drug-likeness (QED) is 0.297. The second-order valence-electron chi connectivity index (χ2n) is 10.3. The van der Waals surface area contributed by atoms with Crippen LogP contribution in [0.5, 0.6) is 5.75 Å². The van der Waals surface area contributed by atoms with Crippen LogP contribution in [0.2, 0.25) is 0 Å². The first-order valence-electron chi connectivity index (χ1n) is 13.0. The largest absolute Gasteiger partial charge is 0.497 e. The number of nitrogens with one attached hydrogen (secondary N) is 1. The van der Waals surface area contributed by atoms with Gasteiger partial charge in [0.15, 0.2) is 0 Å². The molecule has 0 radical (unpaired) electrons. The number of quaternary nitrogens is 1. The van der Waals surface area contributed by atoms with Crippen LogP contribution in [-0.4, -0.2) is 63.1 Å². The third kappa shape index (κ3) is 7.67. The number of aliphatic hydroxyl groups is 1. The summed E-state index contributed by atoms with van der Waals surface area (Å²) in [6.45, 7) is 5.73. The second-order valence-corrected chi connectivity index (χ2v) is 12.3. The van der Waals surface area contributed by atoms with E-state index in [4.69, 9.17) is 10.5 Å². The van der Waals surface area contributed by atoms with Crippen molar-refractivity contribution in [2.75, 3.05) is 33.0 Å². The molecule has 0 aliphatic heterocycles. The Hall–Kier alpha value is -3.24. The fourth-order valence-corrected chi connectivity index (χ4v) is 6.30. The molecule has 0 aromatic heterocycles. The Bertz CT molecular complexity index is 1340. The number of carbonyl (C=O) groups is 1. The fraction of sp³-hybridized carbons (Fsp3) is 0.367. The number of sulfonamides is 1. The molecule has 4 N–H and O–H groups in total. The maximum Gasteiger partial charge on any atom is 0.344 e. The predicted molar refractivity (Wildman–Crippen MR) is 153 cm³/mol. The molecule has 1 unspecified atom stereocenters. The van der Waals surface area contributed by atoms with Crippen LogP contribution < -0.4 is 15.4 Å². The lowest BCUT2D eigenvalue weighted by Crippen LogP contribution is -3.17. The molecule has 0 saturated carbocycles. The second kappa shape index (κ2) is 13.2. The standard InChI is InChI=1S/C30H39N3O5S/c1-21(2)19-33(39(36,37)26-14-12-25(38-5)13-15-26)20-29(34)28(18-23-9-7-6-8-10-23)32(4)30(35)27-16-11-24(31)17-22(27)3/h6-17,21,28-29,34H,18-20,31H2,1-5H3/p+1/t28-,29+/m0/s1. The van der Waals surface area contributed by atoms with Gasteiger partial charge in [-0.3, -0.25) is 4.90 Å². The maximum absolute atomic E-state index is 13.7. The lowest BCUT2D eigenvalue weighted by Gasteiger charge is -2.32. The number of carbonyl (C=O) groups excluding carboxylic acids is 1. The first-order chi connectivity index (χ1) is 18.4. The van der Waals surface area contributed by atoms with Crippen molar-refractivity contribution in [1.29, 1.82) is 0 Å². The van der Waals surface area contributed by atoms with Crippen molar-refractivity contribution in [3.05, 3.63) is 89.5 Å². The Morgan fingerprint density at radius 1 is 1.03 bits per heavy atom. The number of ether oxygens (including phenoxy) is 1. The Labute approximate surface area is 232 Å². The molecule has 3 rings (SSSR count). The number of aryl methyl sites for hydroxylation is 1. The van der Waals surface area contributed by atoms with Gasteiger partial charge in [0.05, 0.1) is 24.6 Å². The molecule has 0 bridgehead atoms. The Morgan fingerprint density at radius 3 is 2.23 bits per heavy atom. The Balaban J connectivity index is 1.95. The SMILES string of the molecule is COc1ccc(S(=O)(=O)N(CC(C)C)C[C@@H](O)[C@H](Cc2ccccc2)[NH+](C)C(=O)c2ccc(N)cc2C)cc1. The van der Waals surface area contributed by atoms with Crippen LogP contribution in [0.25, 0.3) is 0 Å². The van der Waals surface area contributed by atoms with Crippen molar-refractivity contribution in [3.63, 3.8) is 0 Å². The van der Waals surface area contributed by atoms with Gasteiger partial charge in [-0.2, -0.15) is 4.31 Å². The molecule has 3 aromatic carbocycles. The van der Waals surface area contributed by atoms with Gasteiger partial charge in [-0.05, 0) is 66.4 Å². The number of amides is 1. The predicted octanol–water partition coefficient (Wildman–Crippen LogP) is 2.56. The minimum absolute atomic E-state index is 0.0157. The Morgan fingerprint density at radius 2 is 1.67 bits per heavy atom. The average Bonchev–Trinajstić information content (AvgIpc) is 2.91. The molecule has 8 nitrogen and oxygen atoms in total. The molecule has 0 spiro atoms. The number of benzene rings is 3. The Kier molecular flexibility index (Phi) is 10.3. The molecule has 9 heteroatoms. The zero-order chi connectivity index (χ0) is 28.7. The first kappa shape index (κ1) is 30.3. The molecule has 0 heterocycles. The van der Waals surface area contributed by atoms with Crippen LogP contribution in [-0.2, 0) is 16.4 Å². The van der Waals surface area contributed by atoms with Gasteiger partial charge in [0, 0.05) is 25.2 Å². The van der Waals surface area contributed by atoms with E-state index in [0.29, 0.717) is 28.3 Å². The summed E-state index contributed by atoms with van der Waals surface area (Å²) in [6.07, 6.45) is -0.749. The molecule has 3 aromatic rings. The lowest BCUT2D eigenvalue weighted by molar-refractivity contribution is -0.825. The van der Waals surface area contributed by atoms with Gasteiger partial charge in [-0.1, -0.05) is 44.2 Å². The molecule has 0 saturated heterocycles. The van der Waals surface area contributed by atoms with E-state index in [1.807, 2.05) is 51.1 Å². The summed E-state index contributed by atoms with van der Waals surface area (Å²) < 4.78 is 33.8. The molecular weight excluding hydrogens is 514 g/mol. The van der Waals surface area contributed by atoms with Crippen molar-refractivity contribution in [2.24, 2.45) is 5.92 Å². The number of anilines is 1. The summed E-state index contributed by atoms with van der Waals surface area (Å²) in [4.78, 5) is 14.2. The third-order valence-electron chi connectivity index (χ3n) is 6.83. The molecule has 0 fully saturated rings. The summed E-state index contributed by atoms with van der Waals surface area (Å²) in [5, 5.41) is 11.6. The number of nitrogens with zero attached hydrogens (tertiary/aromatic N) is 1. The van der Waals surface area contributed by atoms with E-state index < -0.39 is 22.2 Å². The van der Waals surface area contributed by atoms with Crippen LogP contribution in [0.3, 0.4) is 0 Å². The first-order valence-corrected chi connectivity index (χ1v) is 14.5. The van der Waals surface area contributed by atoms with E-state index in [0.717, 1.165) is 11.1 Å². The highest BCUT2D eigenvalue weighted by atomic mass is 32.2. The zero-order valence-electron chi connectivity index (χ0n) is 23.3. The van der Waals surface area contributed by atoms with Gasteiger partial charge in [-0.25, -0.2) is 13.2 Å². The van der Waals surface area contributed by atoms with E-state index in [1.165, 1.54) is 23.5 Å². The van der Waals surface area contributed by atoms with Gasteiger partial charge in [-0.15, -0.1) is 0 Å². The van der Waals surface area contributed by atoms with Gasteiger partial charge in [0.25, 0.3) is 0 Å². The number of nitrogen functional groups attached to an aromatic ring is 1. The van der Waals surface area contributed by atoms with Crippen molar-refractivity contribution in [2.45, 2.75) is 44.2 Å². The van der Waals surface area contributed by atoms with Gasteiger partial charge >= 0.3 is 5.91 Å². The molecule has 0 aliphatic carbocycles. The van der Waals surface area contributed by atoms with Crippen LogP contribution in [0.15, 0.2) is 77.7 Å². The number of nitrogens with two attached hydrogens (primary N) is 1. The van der Waals surface area contributed by atoms with Crippen molar-refractivity contribution >= 4 is 21.6 Å². The number of aliphatic hydroxyl groups excluding tert-OH is 1. The topological polar surface area (TPSA) is 114 Å². The van der Waals surface area contributed by atoms with E-state index >= 15 is 0 Å². The fourth-order valence-electron chi connectivity index (χ4n) is 4.68. The van der Waals surface area contributed by atoms with E-state index in [2.05, 4.69) is 0 Å². The minimum Gasteiger partial charge on any atom is -0.497 e. The van der Waals surface area contributed by atoms with Crippen molar-refractivity contribution < 1.29 is 28.0 Å². The van der Waals surface area contributed by atoms with Gasteiger partial charge < -0.3 is 15.6 Å². The number of rotatable bonds is 12. The van der Waals surface area contributed by atoms with Crippen LogP contribution >= 0.6 is 0 Å². The summed E-state index contributed by atoms with van der Waals surface area (Å²) in [5.41, 5.74) is 8.65. The molecule has 3 atom stereocenters.